The van der Waals surface area contributed by atoms with Gasteiger partial charge in [0.15, 0.2) is 0 Å². The number of hydrogen-bond donors (Lipinski definition) is 1. The third-order valence-corrected chi connectivity index (χ3v) is 5.04. The third-order valence-electron chi connectivity index (χ3n) is 5.04. The minimum atomic E-state index is -0.00144. The number of aromatic nitrogens is 2. The van der Waals surface area contributed by atoms with Crippen molar-refractivity contribution in [3.63, 3.8) is 0 Å². The maximum atomic E-state index is 12.5. The number of anilines is 1. The van der Waals surface area contributed by atoms with Crippen LogP contribution in [0, 0.1) is 0 Å². The van der Waals surface area contributed by atoms with Crippen LogP contribution >= 0.6 is 0 Å². The van der Waals surface area contributed by atoms with Crippen molar-refractivity contribution in [3.8, 4) is 5.75 Å². The molecule has 0 unspecified atom stereocenters. The molecule has 2 aromatic carbocycles. The molecule has 134 valence electrons. The first kappa shape index (κ1) is 16.6. The number of aromatic hydroxyl groups is 1. The molecule has 0 aliphatic carbocycles. The van der Waals surface area contributed by atoms with Crippen LogP contribution in [0.3, 0.4) is 0 Å². The quantitative estimate of drug-likeness (QED) is 0.782. The van der Waals surface area contributed by atoms with E-state index in [1.165, 1.54) is 0 Å². The Morgan fingerprint density at radius 3 is 2.46 bits per heavy atom. The van der Waals surface area contributed by atoms with Crippen molar-refractivity contribution in [3.05, 3.63) is 64.7 Å². The first-order chi connectivity index (χ1) is 12.6. The number of nitrogens with zero attached hydrogens (tertiary/aromatic N) is 4. The van der Waals surface area contributed by atoms with Gasteiger partial charge in [0.05, 0.1) is 23.1 Å². The fourth-order valence-electron chi connectivity index (χ4n) is 3.48. The standard InChI is InChI=1S/C20H22N4O2/c1-22-19(21-16-7-3-2-6-15(16)20(22)26)14-23-10-12-24(13-11-23)17-8-4-5-9-18(17)25/h2-9,25H,10-14H2,1H3. The minimum absolute atomic E-state index is 0.00144. The molecule has 0 bridgehead atoms. The van der Waals surface area contributed by atoms with Crippen LogP contribution in [0.25, 0.3) is 10.9 Å². The summed E-state index contributed by atoms with van der Waals surface area (Å²) in [5.41, 5.74) is 1.63. The Labute approximate surface area is 151 Å². The Bertz CT molecular complexity index is 991. The van der Waals surface area contributed by atoms with Gasteiger partial charge >= 0.3 is 0 Å². The van der Waals surface area contributed by atoms with E-state index in [4.69, 9.17) is 0 Å². The van der Waals surface area contributed by atoms with Gasteiger partial charge in [0.25, 0.3) is 5.56 Å². The average molecular weight is 350 g/mol. The molecule has 0 spiro atoms. The Hall–Kier alpha value is -2.86. The summed E-state index contributed by atoms with van der Waals surface area (Å²) in [5, 5.41) is 10.7. The first-order valence-corrected chi connectivity index (χ1v) is 8.83. The van der Waals surface area contributed by atoms with Crippen LogP contribution in [0.2, 0.25) is 0 Å². The Balaban J connectivity index is 1.50. The Kier molecular flexibility index (Phi) is 4.34. The molecule has 0 amide bonds. The zero-order valence-corrected chi connectivity index (χ0v) is 14.8. The van der Waals surface area contributed by atoms with Crippen molar-refractivity contribution >= 4 is 16.6 Å². The van der Waals surface area contributed by atoms with Gasteiger partial charge in [-0.25, -0.2) is 4.98 Å². The molecule has 1 aromatic heterocycles. The highest BCUT2D eigenvalue weighted by molar-refractivity contribution is 5.77. The number of para-hydroxylation sites is 3. The number of hydrogen-bond acceptors (Lipinski definition) is 5. The number of phenols is 1. The van der Waals surface area contributed by atoms with Crippen LogP contribution in [0.5, 0.6) is 5.75 Å². The van der Waals surface area contributed by atoms with E-state index in [1.54, 1.807) is 17.7 Å². The van der Waals surface area contributed by atoms with Gasteiger partial charge < -0.3 is 10.0 Å². The molecule has 6 nitrogen and oxygen atoms in total. The maximum Gasteiger partial charge on any atom is 0.261 e. The highest BCUT2D eigenvalue weighted by Crippen LogP contribution is 2.27. The lowest BCUT2D eigenvalue weighted by Gasteiger charge is -2.36. The second kappa shape index (κ2) is 6.80. The maximum absolute atomic E-state index is 12.5. The smallest absolute Gasteiger partial charge is 0.261 e. The van der Waals surface area contributed by atoms with Crippen LogP contribution in [0.15, 0.2) is 53.3 Å². The molecule has 26 heavy (non-hydrogen) atoms. The summed E-state index contributed by atoms with van der Waals surface area (Å²) in [6.45, 7) is 4.03. The monoisotopic (exact) mass is 350 g/mol. The van der Waals surface area contributed by atoms with E-state index in [1.807, 2.05) is 42.5 Å². The SMILES string of the molecule is Cn1c(CN2CCN(c3ccccc3O)CC2)nc2ccccc2c1=O. The van der Waals surface area contributed by atoms with E-state index in [0.717, 1.165) is 43.2 Å². The van der Waals surface area contributed by atoms with Gasteiger partial charge in [-0.3, -0.25) is 14.3 Å². The normalized spacial score (nSPS) is 15.5. The summed E-state index contributed by atoms with van der Waals surface area (Å²) >= 11 is 0. The zero-order valence-electron chi connectivity index (χ0n) is 14.8. The summed E-state index contributed by atoms with van der Waals surface area (Å²) in [5.74, 6) is 1.10. The van der Waals surface area contributed by atoms with Crippen LogP contribution in [-0.2, 0) is 13.6 Å². The van der Waals surface area contributed by atoms with Gasteiger partial charge in [-0.15, -0.1) is 0 Å². The fraction of sp³-hybridized carbons (Fsp3) is 0.300. The van der Waals surface area contributed by atoms with E-state index >= 15 is 0 Å². The van der Waals surface area contributed by atoms with Crippen LogP contribution in [-0.4, -0.2) is 45.7 Å². The first-order valence-electron chi connectivity index (χ1n) is 8.83. The second-order valence-electron chi connectivity index (χ2n) is 6.66. The summed E-state index contributed by atoms with van der Waals surface area (Å²) < 4.78 is 1.65. The van der Waals surface area contributed by atoms with Crippen molar-refractivity contribution in [2.24, 2.45) is 7.05 Å². The van der Waals surface area contributed by atoms with Gasteiger partial charge in [0.2, 0.25) is 0 Å². The summed E-state index contributed by atoms with van der Waals surface area (Å²) in [7, 11) is 1.79. The van der Waals surface area contributed by atoms with E-state index in [9.17, 15) is 9.90 Å². The number of piperazine rings is 1. The largest absolute Gasteiger partial charge is 0.506 e. The predicted octanol–water partition coefficient (Wildman–Crippen LogP) is 1.96. The molecule has 1 aliphatic rings. The molecule has 1 aliphatic heterocycles. The number of phenolic OH excluding ortho intramolecular Hbond substituents is 1. The number of fused-ring (bicyclic) bond motifs is 1. The molecule has 1 saturated heterocycles. The molecule has 0 atom stereocenters. The van der Waals surface area contributed by atoms with Gasteiger partial charge in [-0.05, 0) is 24.3 Å². The van der Waals surface area contributed by atoms with E-state index in [2.05, 4.69) is 14.8 Å². The molecule has 2 heterocycles. The Morgan fingerprint density at radius 1 is 1.00 bits per heavy atom. The van der Waals surface area contributed by atoms with E-state index < -0.39 is 0 Å². The molecule has 6 heteroatoms. The average Bonchev–Trinajstić information content (AvgIpc) is 2.67. The lowest BCUT2D eigenvalue weighted by atomic mass is 10.2. The van der Waals surface area contributed by atoms with Gasteiger partial charge in [0, 0.05) is 33.2 Å². The molecule has 3 aromatic rings. The van der Waals surface area contributed by atoms with E-state index in [-0.39, 0.29) is 5.56 Å². The van der Waals surface area contributed by atoms with Crippen molar-refractivity contribution in [2.45, 2.75) is 6.54 Å². The molecule has 1 N–H and O–H groups in total. The van der Waals surface area contributed by atoms with Crippen LogP contribution < -0.4 is 10.5 Å². The Morgan fingerprint density at radius 2 is 1.69 bits per heavy atom. The lowest BCUT2D eigenvalue weighted by molar-refractivity contribution is 0.240. The molecule has 1 fully saturated rings. The summed E-state index contributed by atoms with van der Waals surface area (Å²) in [6.07, 6.45) is 0. The molecule has 4 rings (SSSR count). The van der Waals surface area contributed by atoms with Gasteiger partial charge in [0.1, 0.15) is 11.6 Å². The fourth-order valence-corrected chi connectivity index (χ4v) is 3.48. The van der Waals surface area contributed by atoms with Crippen molar-refractivity contribution in [2.75, 3.05) is 31.1 Å². The van der Waals surface area contributed by atoms with Gasteiger partial charge in [-0.1, -0.05) is 24.3 Å². The van der Waals surface area contributed by atoms with Crippen molar-refractivity contribution in [1.29, 1.82) is 0 Å². The highest BCUT2D eigenvalue weighted by atomic mass is 16.3. The lowest BCUT2D eigenvalue weighted by Crippen LogP contribution is -2.46. The topological polar surface area (TPSA) is 61.6 Å². The van der Waals surface area contributed by atoms with E-state index in [0.29, 0.717) is 17.7 Å². The zero-order chi connectivity index (χ0) is 18.1. The molecular formula is C20H22N4O2. The molecule has 0 radical (unpaired) electrons. The van der Waals surface area contributed by atoms with Crippen LogP contribution in [0.1, 0.15) is 5.82 Å². The molecular weight excluding hydrogens is 328 g/mol. The minimum Gasteiger partial charge on any atom is -0.506 e. The van der Waals surface area contributed by atoms with Crippen molar-refractivity contribution in [1.82, 2.24) is 14.5 Å². The summed E-state index contributed by atoms with van der Waals surface area (Å²) in [6, 6.07) is 14.9. The van der Waals surface area contributed by atoms with Crippen molar-refractivity contribution < 1.29 is 5.11 Å². The van der Waals surface area contributed by atoms with Gasteiger partial charge in [-0.2, -0.15) is 0 Å². The highest BCUT2D eigenvalue weighted by Gasteiger charge is 2.20. The third kappa shape index (κ3) is 3.04. The molecule has 0 saturated carbocycles. The number of benzene rings is 2. The summed E-state index contributed by atoms with van der Waals surface area (Å²) in [4.78, 5) is 21.7. The number of rotatable bonds is 3. The predicted molar refractivity (Wildman–Crippen MR) is 103 cm³/mol. The second-order valence-corrected chi connectivity index (χ2v) is 6.66. The van der Waals surface area contributed by atoms with Crippen LogP contribution in [0.4, 0.5) is 5.69 Å².